The first kappa shape index (κ1) is 18.2. The standard InChI is InChI=1S/C19H21ClN4O2/c1-12-7-8-14(9-15(12)20)22-18(26)11-24-17-6-4-3-5-16(17)23-19(24)21-10-13(2)25/h3-9,13,25H,10-11H2,1-2H3,(H,21,23)(H,22,26). The molecule has 26 heavy (non-hydrogen) atoms. The van der Waals surface area contributed by atoms with Gasteiger partial charge in [0.15, 0.2) is 0 Å². The molecule has 3 N–H and O–H groups in total. The summed E-state index contributed by atoms with van der Waals surface area (Å²) in [5, 5.41) is 16.1. The maximum absolute atomic E-state index is 12.5. The number of carbonyl (C=O) groups is 1. The first-order valence-electron chi connectivity index (χ1n) is 8.37. The number of para-hydroxylation sites is 2. The third-order valence-electron chi connectivity index (χ3n) is 3.97. The molecule has 6 nitrogen and oxygen atoms in total. The molecular formula is C19H21ClN4O2. The van der Waals surface area contributed by atoms with Gasteiger partial charge in [0.2, 0.25) is 11.9 Å². The molecule has 1 amide bonds. The van der Waals surface area contributed by atoms with Gasteiger partial charge >= 0.3 is 0 Å². The Balaban J connectivity index is 1.82. The van der Waals surface area contributed by atoms with Crippen molar-refractivity contribution in [3.63, 3.8) is 0 Å². The van der Waals surface area contributed by atoms with Gasteiger partial charge < -0.3 is 20.3 Å². The molecule has 136 valence electrons. The predicted molar refractivity (Wildman–Crippen MR) is 105 cm³/mol. The Morgan fingerprint density at radius 3 is 2.81 bits per heavy atom. The highest BCUT2D eigenvalue weighted by Crippen LogP contribution is 2.22. The number of hydrogen-bond donors (Lipinski definition) is 3. The fourth-order valence-corrected chi connectivity index (χ4v) is 2.80. The lowest BCUT2D eigenvalue weighted by Gasteiger charge is -2.12. The topological polar surface area (TPSA) is 79.2 Å². The van der Waals surface area contributed by atoms with Crippen molar-refractivity contribution in [3.8, 4) is 0 Å². The van der Waals surface area contributed by atoms with Gasteiger partial charge in [-0.3, -0.25) is 4.79 Å². The van der Waals surface area contributed by atoms with E-state index < -0.39 is 6.10 Å². The van der Waals surface area contributed by atoms with Gasteiger partial charge in [0.1, 0.15) is 6.54 Å². The summed E-state index contributed by atoms with van der Waals surface area (Å²) in [5.74, 6) is 0.359. The number of aryl methyl sites for hydroxylation is 1. The summed E-state index contributed by atoms with van der Waals surface area (Å²) in [4.78, 5) is 17.0. The van der Waals surface area contributed by atoms with Crippen molar-refractivity contribution in [1.82, 2.24) is 9.55 Å². The van der Waals surface area contributed by atoms with Crippen LogP contribution in [-0.2, 0) is 11.3 Å². The highest BCUT2D eigenvalue weighted by molar-refractivity contribution is 6.31. The van der Waals surface area contributed by atoms with Gasteiger partial charge in [-0.2, -0.15) is 0 Å². The molecule has 3 aromatic rings. The van der Waals surface area contributed by atoms with Crippen LogP contribution in [-0.4, -0.2) is 33.2 Å². The number of halogens is 1. The van der Waals surface area contributed by atoms with Gasteiger partial charge in [0.05, 0.1) is 17.1 Å². The van der Waals surface area contributed by atoms with E-state index in [1.807, 2.05) is 43.3 Å². The smallest absolute Gasteiger partial charge is 0.244 e. The second-order valence-electron chi connectivity index (χ2n) is 6.25. The van der Waals surface area contributed by atoms with Gasteiger partial charge in [0, 0.05) is 17.3 Å². The number of aromatic nitrogens is 2. The van der Waals surface area contributed by atoms with Gasteiger partial charge in [0.25, 0.3) is 0 Å². The second kappa shape index (κ2) is 7.76. The van der Waals surface area contributed by atoms with Crippen molar-refractivity contribution in [2.24, 2.45) is 0 Å². The molecule has 0 aliphatic carbocycles. The Bertz CT molecular complexity index is 936. The van der Waals surface area contributed by atoms with E-state index in [2.05, 4.69) is 15.6 Å². The minimum Gasteiger partial charge on any atom is -0.392 e. The van der Waals surface area contributed by atoms with Gasteiger partial charge in [-0.1, -0.05) is 29.8 Å². The summed E-state index contributed by atoms with van der Waals surface area (Å²) < 4.78 is 1.79. The Hall–Kier alpha value is -2.57. The van der Waals surface area contributed by atoms with Crippen molar-refractivity contribution in [1.29, 1.82) is 0 Å². The zero-order valence-corrected chi connectivity index (χ0v) is 15.4. The fraction of sp³-hybridized carbons (Fsp3) is 0.263. The van der Waals surface area contributed by atoms with Crippen LogP contribution in [0.4, 0.5) is 11.6 Å². The molecular weight excluding hydrogens is 352 g/mol. The van der Waals surface area contributed by atoms with Crippen molar-refractivity contribution in [3.05, 3.63) is 53.1 Å². The third-order valence-corrected chi connectivity index (χ3v) is 4.37. The van der Waals surface area contributed by atoms with E-state index >= 15 is 0 Å². The number of amides is 1. The molecule has 0 bridgehead atoms. The van der Waals surface area contributed by atoms with Crippen molar-refractivity contribution >= 4 is 40.2 Å². The minimum atomic E-state index is -0.521. The summed E-state index contributed by atoms with van der Waals surface area (Å²) in [6, 6.07) is 13.0. The molecule has 1 aromatic heterocycles. The van der Waals surface area contributed by atoms with E-state index in [0.29, 0.717) is 23.2 Å². The Kier molecular flexibility index (Phi) is 5.44. The first-order chi connectivity index (χ1) is 12.4. The van der Waals surface area contributed by atoms with E-state index in [0.717, 1.165) is 16.6 Å². The summed E-state index contributed by atoms with van der Waals surface area (Å²) in [7, 11) is 0. The van der Waals surface area contributed by atoms with E-state index in [9.17, 15) is 9.90 Å². The number of imidazole rings is 1. The summed E-state index contributed by atoms with van der Waals surface area (Å²) in [6.45, 7) is 4.03. The van der Waals surface area contributed by atoms with Crippen LogP contribution >= 0.6 is 11.6 Å². The monoisotopic (exact) mass is 372 g/mol. The van der Waals surface area contributed by atoms with Crippen LogP contribution < -0.4 is 10.6 Å². The number of anilines is 2. The first-order valence-corrected chi connectivity index (χ1v) is 8.75. The average molecular weight is 373 g/mol. The Labute approximate surface area is 156 Å². The van der Waals surface area contributed by atoms with Crippen LogP contribution in [0.3, 0.4) is 0 Å². The molecule has 1 unspecified atom stereocenters. The van der Waals surface area contributed by atoms with Crippen LogP contribution in [0.25, 0.3) is 11.0 Å². The molecule has 0 saturated heterocycles. The average Bonchev–Trinajstić information content (AvgIpc) is 2.94. The quantitative estimate of drug-likeness (QED) is 0.619. The molecule has 2 aromatic carbocycles. The van der Waals surface area contributed by atoms with Crippen molar-refractivity contribution in [2.45, 2.75) is 26.5 Å². The number of benzene rings is 2. The highest BCUT2D eigenvalue weighted by atomic mass is 35.5. The number of aliphatic hydroxyl groups is 1. The van der Waals surface area contributed by atoms with Crippen LogP contribution in [0, 0.1) is 6.92 Å². The van der Waals surface area contributed by atoms with Crippen LogP contribution in [0.5, 0.6) is 0 Å². The lowest BCUT2D eigenvalue weighted by Crippen LogP contribution is -2.22. The van der Waals surface area contributed by atoms with Gasteiger partial charge in [-0.05, 0) is 43.7 Å². The maximum atomic E-state index is 12.5. The molecule has 0 aliphatic rings. The number of carbonyl (C=O) groups excluding carboxylic acids is 1. The van der Waals surface area contributed by atoms with Gasteiger partial charge in [-0.15, -0.1) is 0 Å². The molecule has 0 radical (unpaired) electrons. The lowest BCUT2D eigenvalue weighted by atomic mass is 10.2. The molecule has 3 rings (SSSR count). The number of nitrogens with one attached hydrogen (secondary N) is 2. The molecule has 0 spiro atoms. The number of fused-ring (bicyclic) bond motifs is 1. The minimum absolute atomic E-state index is 0.0914. The van der Waals surface area contributed by atoms with Gasteiger partial charge in [-0.25, -0.2) is 4.98 Å². The Morgan fingerprint density at radius 1 is 1.31 bits per heavy atom. The summed E-state index contributed by atoms with van der Waals surface area (Å²) in [6.07, 6.45) is -0.521. The molecule has 7 heteroatoms. The molecule has 1 heterocycles. The summed E-state index contributed by atoms with van der Waals surface area (Å²) in [5.41, 5.74) is 3.23. The van der Waals surface area contributed by atoms with Crippen molar-refractivity contribution in [2.75, 3.05) is 17.2 Å². The molecule has 0 saturated carbocycles. The maximum Gasteiger partial charge on any atom is 0.244 e. The number of hydrogen-bond acceptors (Lipinski definition) is 4. The highest BCUT2D eigenvalue weighted by Gasteiger charge is 2.14. The van der Waals surface area contributed by atoms with E-state index in [1.165, 1.54) is 0 Å². The van der Waals surface area contributed by atoms with Crippen molar-refractivity contribution < 1.29 is 9.90 Å². The number of aliphatic hydroxyl groups excluding tert-OH is 1. The predicted octanol–water partition coefficient (Wildman–Crippen LogP) is 3.43. The summed E-state index contributed by atoms with van der Waals surface area (Å²) >= 11 is 6.11. The fourth-order valence-electron chi connectivity index (χ4n) is 2.62. The molecule has 0 aliphatic heterocycles. The largest absolute Gasteiger partial charge is 0.392 e. The zero-order valence-electron chi connectivity index (χ0n) is 14.7. The molecule has 0 fully saturated rings. The zero-order chi connectivity index (χ0) is 18.7. The lowest BCUT2D eigenvalue weighted by molar-refractivity contribution is -0.116. The van der Waals surface area contributed by atoms with Crippen LogP contribution in [0.15, 0.2) is 42.5 Å². The SMILES string of the molecule is Cc1ccc(NC(=O)Cn2c(NCC(C)O)nc3ccccc32)cc1Cl. The van der Waals surface area contributed by atoms with E-state index in [1.54, 1.807) is 17.6 Å². The Morgan fingerprint density at radius 2 is 2.08 bits per heavy atom. The number of nitrogens with zero attached hydrogens (tertiary/aromatic N) is 2. The third kappa shape index (κ3) is 4.15. The van der Waals surface area contributed by atoms with Crippen LogP contribution in [0.1, 0.15) is 12.5 Å². The van der Waals surface area contributed by atoms with E-state index in [-0.39, 0.29) is 12.5 Å². The van der Waals surface area contributed by atoms with Crippen LogP contribution in [0.2, 0.25) is 5.02 Å². The van der Waals surface area contributed by atoms with E-state index in [4.69, 9.17) is 11.6 Å². The molecule has 1 atom stereocenters. The second-order valence-corrected chi connectivity index (χ2v) is 6.66. The normalized spacial score (nSPS) is 12.2. The number of rotatable bonds is 6.